The average molecular weight is 386 g/mol. The van der Waals surface area contributed by atoms with Crippen LogP contribution in [0.1, 0.15) is 37.8 Å². The second-order valence-electron chi connectivity index (χ2n) is 6.24. The maximum atomic E-state index is 13.1. The highest BCUT2D eigenvalue weighted by Crippen LogP contribution is 2.39. The van der Waals surface area contributed by atoms with Crippen molar-refractivity contribution < 1.29 is 9.18 Å². The van der Waals surface area contributed by atoms with Crippen molar-refractivity contribution in [1.29, 1.82) is 0 Å². The number of nitrogens with zero attached hydrogens (tertiary/aromatic N) is 1. The van der Waals surface area contributed by atoms with Gasteiger partial charge < -0.3 is 0 Å². The van der Waals surface area contributed by atoms with Crippen LogP contribution < -0.4 is 4.90 Å². The van der Waals surface area contributed by atoms with E-state index in [2.05, 4.69) is 19.1 Å². The number of hydrogen-bond acceptors (Lipinski definition) is 3. The number of rotatable bonds is 5. The first-order valence-corrected chi connectivity index (χ1v) is 9.85. The van der Waals surface area contributed by atoms with Gasteiger partial charge in [-0.25, -0.2) is 4.39 Å². The summed E-state index contributed by atoms with van der Waals surface area (Å²) in [5.74, 6) is -0.416. The highest BCUT2D eigenvalue weighted by molar-refractivity contribution is 8.27. The Hall–Kier alpha value is -1.98. The van der Waals surface area contributed by atoms with Crippen LogP contribution in [-0.2, 0) is 11.2 Å². The van der Waals surface area contributed by atoms with Crippen LogP contribution in [0, 0.1) is 5.82 Å². The van der Waals surface area contributed by atoms with Crippen molar-refractivity contribution in [1.82, 2.24) is 0 Å². The zero-order chi connectivity index (χ0) is 18.7. The normalized spacial score (nSPS) is 16.3. The summed E-state index contributed by atoms with van der Waals surface area (Å²) < 4.78 is 13.7. The first-order chi connectivity index (χ1) is 12.5. The maximum absolute atomic E-state index is 13.1. The van der Waals surface area contributed by atoms with E-state index < -0.39 is 0 Å². The lowest BCUT2D eigenvalue weighted by Gasteiger charge is -2.15. The van der Waals surface area contributed by atoms with Crippen LogP contribution in [-0.4, -0.2) is 10.2 Å². The molecular formula is C21H20FNOS2. The molecule has 2 aromatic carbocycles. The molecule has 0 bridgehead atoms. The van der Waals surface area contributed by atoms with Gasteiger partial charge in [0.05, 0.1) is 10.6 Å². The van der Waals surface area contributed by atoms with Crippen molar-refractivity contribution in [2.75, 3.05) is 4.90 Å². The van der Waals surface area contributed by atoms with Gasteiger partial charge in [-0.1, -0.05) is 61.6 Å². The van der Waals surface area contributed by atoms with Crippen molar-refractivity contribution in [2.24, 2.45) is 0 Å². The van der Waals surface area contributed by atoms with Gasteiger partial charge in [-0.15, -0.1) is 0 Å². The number of unbranched alkanes of at least 4 members (excludes halogenated alkanes) is 1. The van der Waals surface area contributed by atoms with E-state index in [-0.39, 0.29) is 11.7 Å². The quantitative estimate of drug-likeness (QED) is 0.467. The fourth-order valence-electron chi connectivity index (χ4n) is 2.84. The first-order valence-electron chi connectivity index (χ1n) is 8.63. The van der Waals surface area contributed by atoms with Gasteiger partial charge in [-0.05, 0) is 60.7 Å². The number of amides is 1. The van der Waals surface area contributed by atoms with Gasteiger partial charge in [0, 0.05) is 0 Å². The van der Waals surface area contributed by atoms with Gasteiger partial charge in [0.25, 0.3) is 5.91 Å². The molecule has 2 aromatic rings. The minimum Gasteiger partial charge on any atom is -0.268 e. The molecule has 1 saturated heterocycles. The fraction of sp³-hybridized carbons (Fsp3) is 0.238. The lowest BCUT2D eigenvalue weighted by Crippen LogP contribution is -2.27. The Kier molecular flexibility index (Phi) is 5.89. The van der Waals surface area contributed by atoms with Crippen LogP contribution in [0.25, 0.3) is 5.57 Å². The topological polar surface area (TPSA) is 20.3 Å². The van der Waals surface area contributed by atoms with Gasteiger partial charge in [0.1, 0.15) is 5.82 Å². The molecule has 1 heterocycles. The van der Waals surface area contributed by atoms with E-state index in [1.165, 1.54) is 29.5 Å². The van der Waals surface area contributed by atoms with Crippen molar-refractivity contribution >= 4 is 45.5 Å². The molecule has 2 nitrogen and oxygen atoms in total. The fourth-order valence-corrected chi connectivity index (χ4v) is 4.19. The Morgan fingerprint density at radius 2 is 1.77 bits per heavy atom. The molecule has 3 rings (SSSR count). The van der Waals surface area contributed by atoms with Gasteiger partial charge in [0.15, 0.2) is 4.32 Å². The second-order valence-corrected chi connectivity index (χ2v) is 7.88. The van der Waals surface area contributed by atoms with Crippen LogP contribution in [0.5, 0.6) is 0 Å². The summed E-state index contributed by atoms with van der Waals surface area (Å²) in [7, 11) is 0. The largest absolute Gasteiger partial charge is 0.271 e. The summed E-state index contributed by atoms with van der Waals surface area (Å²) in [6.45, 7) is 4.04. The third-order valence-corrected chi connectivity index (χ3v) is 5.88. The van der Waals surface area contributed by atoms with Crippen LogP contribution in [0.3, 0.4) is 0 Å². The molecule has 1 aliphatic rings. The number of halogens is 1. The molecule has 0 aromatic heterocycles. The molecule has 0 aliphatic carbocycles. The van der Waals surface area contributed by atoms with Crippen LogP contribution in [0.4, 0.5) is 10.1 Å². The highest BCUT2D eigenvalue weighted by atomic mass is 32.2. The third-order valence-electron chi connectivity index (χ3n) is 4.40. The Morgan fingerprint density at radius 1 is 1.12 bits per heavy atom. The lowest BCUT2D eigenvalue weighted by molar-refractivity contribution is -0.113. The number of aryl methyl sites for hydroxylation is 1. The average Bonchev–Trinajstić information content (AvgIpc) is 2.95. The number of anilines is 1. The van der Waals surface area contributed by atoms with Gasteiger partial charge >= 0.3 is 0 Å². The Labute approximate surface area is 163 Å². The second kappa shape index (κ2) is 8.14. The van der Waals surface area contributed by atoms with Crippen molar-refractivity contribution in [2.45, 2.75) is 33.1 Å². The molecule has 5 heteroatoms. The first kappa shape index (κ1) is 18.8. The predicted molar refractivity (Wildman–Crippen MR) is 112 cm³/mol. The molecule has 1 aliphatic heterocycles. The number of carbonyl (C=O) groups excluding carboxylic acids is 1. The van der Waals surface area contributed by atoms with E-state index >= 15 is 0 Å². The standard InChI is InChI=1S/C21H20FNOS2/c1-3-4-5-15-6-12-18(13-7-15)23-20(24)19(26-21(23)25)14(2)16-8-10-17(22)11-9-16/h6-13H,3-5H2,1-2H3/b19-14-. The SMILES string of the molecule is CCCCc1ccc(N2C(=O)/C(=C(\C)c3ccc(F)cc3)SC2=S)cc1. The lowest BCUT2D eigenvalue weighted by atomic mass is 10.1. The zero-order valence-electron chi connectivity index (χ0n) is 14.8. The summed E-state index contributed by atoms with van der Waals surface area (Å²) in [6, 6.07) is 14.2. The molecule has 1 fully saturated rings. The summed E-state index contributed by atoms with van der Waals surface area (Å²) in [5, 5.41) is 0. The van der Waals surface area contributed by atoms with E-state index in [0.717, 1.165) is 36.1 Å². The Bertz CT molecular complexity index is 857. The van der Waals surface area contributed by atoms with Gasteiger partial charge in [-0.3, -0.25) is 9.69 Å². The summed E-state index contributed by atoms with van der Waals surface area (Å²) in [5.41, 5.74) is 3.68. The molecule has 0 N–H and O–H groups in total. The molecule has 0 saturated carbocycles. The number of thiocarbonyl (C=S) groups is 1. The number of allylic oxidation sites excluding steroid dienone is 1. The molecule has 26 heavy (non-hydrogen) atoms. The third kappa shape index (κ3) is 3.89. The molecule has 0 atom stereocenters. The summed E-state index contributed by atoms with van der Waals surface area (Å²) in [6.07, 6.45) is 3.35. The molecule has 134 valence electrons. The smallest absolute Gasteiger partial charge is 0.268 e. The van der Waals surface area contributed by atoms with Crippen molar-refractivity contribution in [3.63, 3.8) is 0 Å². The minimum absolute atomic E-state index is 0.122. The van der Waals surface area contributed by atoms with Crippen molar-refractivity contribution in [3.05, 3.63) is 70.4 Å². The number of carbonyl (C=O) groups is 1. The molecular weight excluding hydrogens is 365 g/mol. The van der Waals surface area contributed by atoms with E-state index in [1.54, 1.807) is 17.0 Å². The van der Waals surface area contributed by atoms with E-state index in [1.807, 2.05) is 19.1 Å². The number of hydrogen-bond donors (Lipinski definition) is 0. The molecule has 0 radical (unpaired) electrons. The van der Waals surface area contributed by atoms with Crippen LogP contribution in [0.2, 0.25) is 0 Å². The van der Waals surface area contributed by atoms with Gasteiger partial charge in [-0.2, -0.15) is 0 Å². The number of benzene rings is 2. The predicted octanol–water partition coefficient (Wildman–Crippen LogP) is 5.96. The molecule has 0 unspecified atom stereocenters. The minimum atomic E-state index is -0.294. The summed E-state index contributed by atoms with van der Waals surface area (Å²) in [4.78, 5) is 15.1. The van der Waals surface area contributed by atoms with E-state index in [9.17, 15) is 9.18 Å². The zero-order valence-corrected chi connectivity index (χ0v) is 16.4. The van der Waals surface area contributed by atoms with E-state index in [4.69, 9.17) is 12.2 Å². The van der Waals surface area contributed by atoms with Gasteiger partial charge in [0.2, 0.25) is 0 Å². The highest BCUT2D eigenvalue weighted by Gasteiger charge is 2.34. The monoisotopic (exact) mass is 385 g/mol. The number of thioether (sulfide) groups is 1. The maximum Gasteiger partial charge on any atom is 0.271 e. The Morgan fingerprint density at radius 3 is 2.38 bits per heavy atom. The van der Waals surface area contributed by atoms with Crippen LogP contribution >= 0.6 is 24.0 Å². The molecule has 1 amide bonds. The van der Waals surface area contributed by atoms with Crippen LogP contribution in [0.15, 0.2) is 53.4 Å². The van der Waals surface area contributed by atoms with Crippen molar-refractivity contribution in [3.8, 4) is 0 Å². The van der Waals surface area contributed by atoms with E-state index in [0.29, 0.717) is 9.23 Å². The Balaban J connectivity index is 1.86. The summed E-state index contributed by atoms with van der Waals surface area (Å²) >= 11 is 6.74. The molecule has 0 spiro atoms.